The number of halogens is 1. The van der Waals surface area contributed by atoms with Crippen LogP contribution in [0.2, 0.25) is 0 Å². The summed E-state index contributed by atoms with van der Waals surface area (Å²) >= 11 is 0. The second-order valence-electron chi connectivity index (χ2n) is 4.85. The van der Waals surface area contributed by atoms with Crippen LogP contribution in [0.5, 0.6) is 0 Å². The van der Waals surface area contributed by atoms with E-state index in [0.29, 0.717) is 12.6 Å². The van der Waals surface area contributed by atoms with Crippen molar-refractivity contribution in [1.29, 1.82) is 0 Å². The third-order valence-corrected chi connectivity index (χ3v) is 3.74. The normalized spacial score (nSPS) is 19.3. The molecular formula is C14H16FN3O. The highest BCUT2D eigenvalue weighted by atomic mass is 19.1. The minimum Gasteiger partial charge on any atom is -0.313 e. The second-order valence-corrected chi connectivity index (χ2v) is 4.85. The lowest BCUT2D eigenvalue weighted by molar-refractivity contribution is 0.0860. The number of likely N-dealkylation sites (tertiary alicyclic amines) is 1. The quantitative estimate of drug-likeness (QED) is 0.911. The second kappa shape index (κ2) is 5.01. The van der Waals surface area contributed by atoms with Gasteiger partial charge in [-0.15, -0.1) is 0 Å². The standard InChI is InChI=1S/C14H16FN3O/c15-12-3-1-11(2-4-12)13-5-7-17(13)9-10-18-8-6-16-14(18)19/h1-4,6,8,13H,5,7,9-10H2,(H,16,19). The molecule has 1 atom stereocenters. The Morgan fingerprint density at radius 3 is 2.63 bits per heavy atom. The summed E-state index contributed by atoms with van der Waals surface area (Å²) in [6.07, 6.45) is 4.50. The minimum atomic E-state index is -0.200. The monoisotopic (exact) mass is 261 g/mol. The molecule has 1 aromatic heterocycles. The van der Waals surface area contributed by atoms with Crippen LogP contribution in [0.3, 0.4) is 0 Å². The predicted octanol–water partition coefficient (Wildman–Crippen LogP) is 1.76. The largest absolute Gasteiger partial charge is 0.325 e. The van der Waals surface area contributed by atoms with Crippen LogP contribution in [-0.4, -0.2) is 27.5 Å². The summed E-state index contributed by atoms with van der Waals surface area (Å²) < 4.78 is 14.6. The number of hydrogen-bond acceptors (Lipinski definition) is 2. The van der Waals surface area contributed by atoms with Gasteiger partial charge in [-0.25, -0.2) is 9.18 Å². The number of nitrogens with one attached hydrogen (secondary N) is 1. The third kappa shape index (κ3) is 2.46. The van der Waals surface area contributed by atoms with Crippen molar-refractivity contribution in [3.63, 3.8) is 0 Å². The lowest BCUT2D eigenvalue weighted by Crippen LogP contribution is -2.43. The van der Waals surface area contributed by atoms with Crippen LogP contribution in [-0.2, 0) is 6.54 Å². The molecule has 0 bridgehead atoms. The van der Waals surface area contributed by atoms with Gasteiger partial charge in [0.25, 0.3) is 0 Å². The molecule has 1 saturated heterocycles. The summed E-state index contributed by atoms with van der Waals surface area (Å²) in [6.45, 7) is 2.54. The van der Waals surface area contributed by atoms with Crippen LogP contribution in [0.15, 0.2) is 41.5 Å². The average molecular weight is 261 g/mol. The first-order valence-corrected chi connectivity index (χ1v) is 6.47. The molecule has 1 aliphatic heterocycles. The summed E-state index contributed by atoms with van der Waals surface area (Å²) in [6, 6.07) is 7.05. The Bertz CT molecular complexity index is 602. The van der Waals surface area contributed by atoms with Gasteiger partial charge in [0, 0.05) is 38.1 Å². The molecule has 0 aliphatic carbocycles. The van der Waals surface area contributed by atoms with Gasteiger partial charge in [-0.05, 0) is 24.1 Å². The van der Waals surface area contributed by atoms with Crippen molar-refractivity contribution in [1.82, 2.24) is 14.5 Å². The van der Waals surface area contributed by atoms with Gasteiger partial charge in [0.1, 0.15) is 5.82 Å². The zero-order valence-corrected chi connectivity index (χ0v) is 10.6. The first-order chi connectivity index (χ1) is 9.24. The van der Waals surface area contributed by atoms with Crippen molar-refractivity contribution in [2.75, 3.05) is 13.1 Å². The van der Waals surface area contributed by atoms with E-state index in [0.717, 1.165) is 25.1 Å². The minimum absolute atomic E-state index is 0.0705. The van der Waals surface area contributed by atoms with E-state index in [1.54, 1.807) is 17.0 Å². The Kier molecular flexibility index (Phi) is 3.21. The number of aromatic amines is 1. The topological polar surface area (TPSA) is 41.0 Å². The maximum atomic E-state index is 12.9. The Balaban J connectivity index is 1.62. The number of imidazole rings is 1. The molecule has 1 aliphatic rings. The van der Waals surface area contributed by atoms with Crippen LogP contribution in [0, 0.1) is 5.82 Å². The van der Waals surface area contributed by atoms with Crippen molar-refractivity contribution in [2.24, 2.45) is 0 Å². The summed E-state index contributed by atoms with van der Waals surface area (Å²) in [5.41, 5.74) is 1.08. The molecule has 2 heterocycles. The lowest BCUT2D eigenvalue weighted by atomic mass is 9.95. The molecule has 100 valence electrons. The van der Waals surface area contributed by atoms with Gasteiger partial charge < -0.3 is 4.98 Å². The molecule has 1 aromatic carbocycles. The first-order valence-electron chi connectivity index (χ1n) is 6.47. The number of hydrogen-bond donors (Lipinski definition) is 1. The molecule has 3 rings (SSSR count). The Morgan fingerprint density at radius 2 is 2.05 bits per heavy atom. The molecule has 0 saturated carbocycles. The molecule has 4 nitrogen and oxygen atoms in total. The first kappa shape index (κ1) is 12.2. The third-order valence-electron chi connectivity index (χ3n) is 3.74. The zero-order chi connectivity index (χ0) is 13.2. The highest BCUT2D eigenvalue weighted by Gasteiger charge is 2.28. The van der Waals surface area contributed by atoms with Crippen LogP contribution < -0.4 is 5.69 Å². The highest BCUT2D eigenvalue weighted by molar-refractivity contribution is 5.21. The molecular weight excluding hydrogens is 245 g/mol. The summed E-state index contributed by atoms with van der Waals surface area (Å²) in [7, 11) is 0. The van der Waals surface area contributed by atoms with Crippen molar-refractivity contribution in [2.45, 2.75) is 19.0 Å². The predicted molar refractivity (Wildman–Crippen MR) is 70.4 cm³/mol. The molecule has 1 fully saturated rings. The van der Waals surface area contributed by atoms with E-state index in [2.05, 4.69) is 9.88 Å². The van der Waals surface area contributed by atoms with E-state index in [9.17, 15) is 9.18 Å². The van der Waals surface area contributed by atoms with Gasteiger partial charge in [-0.3, -0.25) is 9.47 Å². The van der Waals surface area contributed by atoms with Crippen molar-refractivity contribution < 1.29 is 4.39 Å². The van der Waals surface area contributed by atoms with Gasteiger partial charge >= 0.3 is 5.69 Å². The lowest BCUT2D eigenvalue weighted by Gasteiger charge is -2.41. The summed E-state index contributed by atoms with van der Waals surface area (Å²) in [5.74, 6) is -0.200. The number of aromatic nitrogens is 2. The fraction of sp³-hybridized carbons (Fsp3) is 0.357. The van der Waals surface area contributed by atoms with Crippen LogP contribution in [0.4, 0.5) is 4.39 Å². The number of benzene rings is 1. The van der Waals surface area contributed by atoms with E-state index in [4.69, 9.17) is 0 Å². The number of H-pyrrole nitrogens is 1. The summed E-state index contributed by atoms with van der Waals surface area (Å²) in [4.78, 5) is 16.3. The molecule has 0 radical (unpaired) electrons. The molecule has 19 heavy (non-hydrogen) atoms. The van der Waals surface area contributed by atoms with Crippen molar-refractivity contribution >= 4 is 0 Å². The SMILES string of the molecule is O=c1[nH]ccn1CCN1CCC1c1ccc(F)cc1. The average Bonchev–Trinajstić information content (AvgIpc) is 2.77. The molecule has 0 spiro atoms. The van der Waals surface area contributed by atoms with E-state index in [1.165, 1.54) is 12.1 Å². The fourth-order valence-corrected chi connectivity index (χ4v) is 2.53. The zero-order valence-electron chi connectivity index (χ0n) is 10.6. The fourth-order valence-electron chi connectivity index (χ4n) is 2.53. The van der Waals surface area contributed by atoms with Crippen LogP contribution in [0.1, 0.15) is 18.0 Å². The van der Waals surface area contributed by atoms with Gasteiger partial charge in [0.15, 0.2) is 0 Å². The molecule has 2 aromatic rings. The van der Waals surface area contributed by atoms with Gasteiger partial charge in [0.05, 0.1) is 0 Å². The van der Waals surface area contributed by atoms with Crippen LogP contribution >= 0.6 is 0 Å². The summed E-state index contributed by atoms with van der Waals surface area (Å²) in [5, 5.41) is 0. The Morgan fingerprint density at radius 1 is 1.26 bits per heavy atom. The van der Waals surface area contributed by atoms with E-state index >= 15 is 0 Å². The van der Waals surface area contributed by atoms with Gasteiger partial charge in [0.2, 0.25) is 0 Å². The van der Waals surface area contributed by atoms with Gasteiger partial charge in [-0.1, -0.05) is 12.1 Å². The molecule has 1 N–H and O–H groups in total. The smallest absolute Gasteiger partial charge is 0.313 e. The maximum Gasteiger partial charge on any atom is 0.325 e. The van der Waals surface area contributed by atoms with Gasteiger partial charge in [-0.2, -0.15) is 0 Å². The number of rotatable bonds is 4. The van der Waals surface area contributed by atoms with Crippen molar-refractivity contribution in [3.05, 3.63) is 58.5 Å². The van der Waals surface area contributed by atoms with E-state index in [-0.39, 0.29) is 11.5 Å². The molecule has 0 amide bonds. The Labute approximate surface area is 110 Å². The molecule has 5 heteroatoms. The van der Waals surface area contributed by atoms with Crippen molar-refractivity contribution in [3.8, 4) is 0 Å². The van der Waals surface area contributed by atoms with E-state index < -0.39 is 0 Å². The van der Waals surface area contributed by atoms with E-state index in [1.807, 2.05) is 12.1 Å². The highest BCUT2D eigenvalue weighted by Crippen LogP contribution is 2.32. The molecule has 1 unspecified atom stereocenters. The van der Waals surface area contributed by atoms with Crippen LogP contribution in [0.25, 0.3) is 0 Å². The number of nitrogens with zero attached hydrogens (tertiary/aromatic N) is 2. The Hall–Kier alpha value is -1.88. The maximum absolute atomic E-state index is 12.9.